The van der Waals surface area contributed by atoms with Crippen LogP contribution >= 0.6 is 35.0 Å². The summed E-state index contributed by atoms with van der Waals surface area (Å²) in [7, 11) is 0. The molecule has 0 fully saturated rings. The number of aromatic nitrogens is 3. The molecule has 3 aromatic rings. The SMILES string of the molecule is CSc1n[nH]c(NC(=O)c2cc(Cl)nc(Cl)c2)c1-c1ccc([N+](=O)[O-])cc1. The number of halogens is 2. The van der Waals surface area contributed by atoms with Crippen molar-refractivity contribution in [2.24, 2.45) is 0 Å². The van der Waals surface area contributed by atoms with E-state index in [1.54, 1.807) is 12.1 Å². The molecule has 0 aliphatic rings. The first-order valence-electron chi connectivity index (χ1n) is 7.40. The van der Waals surface area contributed by atoms with Crippen LogP contribution in [0.15, 0.2) is 41.4 Å². The molecule has 0 atom stereocenters. The van der Waals surface area contributed by atoms with Crippen molar-refractivity contribution in [3.8, 4) is 11.1 Å². The fourth-order valence-electron chi connectivity index (χ4n) is 2.36. The van der Waals surface area contributed by atoms with Crippen LogP contribution in [0.25, 0.3) is 11.1 Å². The topological polar surface area (TPSA) is 114 Å². The number of nitro groups is 1. The number of nitro benzene ring substituents is 1. The number of aromatic amines is 1. The lowest BCUT2D eigenvalue weighted by atomic mass is 10.1. The zero-order chi connectivity index (χ0) is 19.6. The highest BCUT2D eigenvalue weighted by Gasteiger charge is 2.19. The van der Waals surface area contributed by atoms with Crippen molar-refractivity contribution in [2.45, 2.75) is 5.03 Å². The number of hydrogen-bond acceptors (Lipinski definition) is 6. The molecule has 1 aromatic carbocycles. The highest BCUT2D eigenvalue weighted by molar-refractivity contribution is 7.98. The Morgan fingerprint density at radius 3 is 2.41 bits per heavy atom. The number of carbonyl (C=O) groups excluding carboxylic acids is 1. The standard InChI is InChI=1S/C16H11Cl2N5O3S/c1-27-16-13(8-2-4-10(5-3-8)23(25)26)14(21-22-16)20-15(24)9-6-11(17)19-12(18)7-9/h2-7H,1H3,(H2,20,21,22,24). The molecule has 0 saturated carbocycles. The van der Waals surface area contributed by atoms with Crippen LogP contribution in [0.2, 0.25) is 10.3 Å². The summed E-state index contributed by atoms with van der Waals surface area (Å²) < 4.78 is 0. The molecule has 0 aliphatic heterocycles. The van der Waals surface area contributed by atoms with Crippen molar-refractivity contribution in [2.75, 3.05) is 11.6 Å². The molecule has 0 saturated heterocycles. The summed E-state index contributed by atoms with van der Waals surface area (Å²) in [4.78, 5) is 26.7. The Morgan fingerprint density at radius 2 is 1.85 bits per heavy atom. The summed E-state index contributed by atoms with van der Waals surface area (Å²) >= 11 is 13.0. The largest absolute Gasteiger partial charge is 0.306 e. The summed E-state index contributed by atoms with van der Waals surface area (Å²) in [6, 6.07) is 8.75. The molecule has 2 aromatic heterocycles. The van der Waals surface area contributed by atoms with Crippen LogP contribution in [0.4, 0.5) is 11.5 Å². The highest BCUT2D eigenvalue weighted by Crippen LogP contribution is 2.35. The predicted molar refractivity (Wildman–Crippen MR) is 105 cm³/mol. The Labute approximate surface area is 167 Å². The number of nitrogens with one attached hydrogen (secondary N) is 2. The van der Waals surface area contributed by atoms with Gasteiger partial charge in [0.15, 0.2) is 0 Å². The van der Waals surface area contributed by atoms with Gasteiger partial charge in [0.25, 0.3) is 11.6 Å². The summed E-state index contributed by atoms with van der Waals surface area (Å²) in [5, 5.41) is 21.3. The fourth-order valence-corrected chi connectivity index (χ4v) is 3.38. The van der Waals surface area contributed by atoms with Gasteiger partial charge in [-0.1, -0.05) is 23.2 Å². The number of rotatable bonds is 5. The van der Waals surface area contributed by atoms with Crippen molar-refractivity contribution in [3.63, 3.8) is 0 Å². The molecule has 1 amide bonds. The molecular weight excluding hydrogens is 413 g/mol. The molecule has 2 heterocycles. The van der Waals surface area contributed by atoms with Gasteiger partial charge in [0.05, 0.1) is 10.5 Å². The van der Waals surface area contributed by atoms with E-state index < -0.39 is 10.8 Å². The van der Waals surface area contributed by atoms with E-state index in [9.17, 15) is 14.9 Å². The van der Waals surface area contributed by atoms with Gasteiger partial charge in [0.2, 0.25) is 0 Å². The minimum Gasteiger partial charge on any atom is -0.306 e. The molecule has 8 nitrogen and oxygen atoms in total. The van der Waals surface area contributed by atoms with Crippen LogP contribution < -0.4 is 5.32 Å². The van der Waals surface area contributed by atoms with E-state index in [2.05, 4.69) is 20.5 Å². The maximum atomic E-state index is 12.5. The van der Waals surface area contributed by atoms with E-state index >= 15 is 0 Å². The summed E-state index contributed by atoms with van der Waals surface area (Å²) in [5.74, 6) is -0.108. The molecule has 0 bridgehead atoms. The Bertz CT molecular complexity index is 1000. The van der Waals surface area contributed by atoms with Gasteiger partial charge in [-0.05, 0) is 36.1 Å². The summed E-state index contributed by atoms with van der Waals surface area (Å²) in [5.41, 5.74) is 1.49. The van der Waals surface area contributed by atoms with E-state index in [-0.39, 0.29) is 21.6 Å². The highest BCUT2D eigenvalue weighted by atomic mass is 35.5. The van der Waals surface area contributed by atoms with E-state index in [0.29, 0.717) is 22.0 Å². The van der Waals surface area contributed by atoms with Gasteiger partial charge in [-0.25, -0.2) is 4.98 Å². The molecule has 138 valence electrons. The lowest BCUT2D eigenvalue weighted by Gasteiger charge is -2.08. The van der Waals surface area contributed by atoms with Crippen molar-refractivity contribution in [1.82, 2.24) is 15.2 Å². The third-order valence-corrected chi connectivity index (χ3v) is 4.63. The quantitative estimate of drug-likeness (QED) is 0.267. The number of non-ortho nitro benzene ring substituents is 1. The molecule has 0 spiro atoms. The van der Waals surface area contributed by atoms with Crippen molar-refractivity contribution >= 4 is 52.4 Å². The van der Waals surface area contributed by atoms with Crippen LogP contribution in [-0.4, -0.2) is 32.3 Å². The molecular formula is C16H11Cl2N5O3S. The average molecular weight is 424 g/mol. The second kappa shape index (κ2) is 7.95. The number of benzene rings is 1. The van der Waals surface area contributed by atoms with E-state index in [1.807, 2.05) is 6.26 Å². The van der Waals surface area contributed by atoms with Crippen molar-refractivity contribution in [3.05, 3.63) is 62.4 Å². The molecule has 0 radical (unpaired) electrons. The number of anilines is 1. The molecule has 11 heteroatoms. The fraction of sp³-hybridized carbons (Fsp3) is 0.0625. The van der Waals surface area contributed by atoms with Crippen molar-refractivity contribution in [1.29, 1.82) is 0 Å². The maximum absolute atomic E-state index is 12.5. The van der Waals surface area contributed by atoms with E-state index in [0.717, 1.165) is 0 Å². The molecule has 0 aliphatic carbocycles. The van der Waals surface area contributed by atoms with Crippen LogP contribution in [0.3, 0.4) is 0 Å². The first-order valence-corrected chi connectivity index (χ1v) is 9.38. The summed E-state index contributed by atoms with van der Waals surface area (Å²) in [6.45, 7) is 0. The van der Waals surface area contributed by atoms with Gasteiger partial charge < -0.3 is 5.32 Å². The Kier molecular flexibility index (Phi) is 5.64. The van der Waals surface area contributed by atoms with Crippen LogP contribution in [0, 0.1) is 10.1 Å². The van der Waals surface area contributed by atoms with Crippen molar-refractivity contribution < 1.29 is 9.72 Å². The average Bonchev–Trinajstić information content (AvgIpc) is 3.03. The number of H-pyrrole nitrogens is 1. The van der Waals surface area contributed by atoms with Gasteiger partial charge in [-0.15, -0.1) is 11.8 Å². The lowest BCUT2D eigenvalue weighted by Crippen LogP contribution is -2.13. The molecule has 27 heavy (non-hydrogen) atoms. The lowest BCUT2D eigenvalue weighted by molar-refractivity contribution is -0.384. The molecule has 2 N–H and O–H groups in total. The Hall–Kier alpha value is -2.62. The van der Waals surface area contributed by atoms with E-state index in [1.165, 1.54) is 36.0 Å². The van der Waals surface area contributed by atoms with E-state index in [4.69, 9.17) is 23.2 Å². The second-order valence-electron chi connectivity index (χ2n) is 5.24. The number of hydrogen-bond donors (Lipinski definition) is 2. The monoisotopic (exact) mass is 423 g/mol. The smallest absolute Gasteiger partial charge is 0.269 e. The zero-order valence-corrected chi connectivity index (χ0v) is 16.0. The third-order valence-electron chi connectivity index (χ3n) is 3.56. The predicted octanol–water partition coefficient (Wildman–Crippen LogP) is 4.66. The van der Waals surface area contributed by atoms with Crippen LogP contribution in [-0.2, 0) is 0 Å². The normalized spacial score (nSPS) is 10.6. The second-order valence-corrected chi connectivity index (χ2v) is 6.81. The minimum atomic E-state index is -0.478. The summed E-state index contributed by atoms with van der Waals surface area (Å²) in [6.07, 6.45) is 1.83. The Morgan fingerprint density at radius 1 is 1.22 bits per heavy atom. The van der Waals surface area contributed by atoms with Gasteiger partial charge >= 0.3 is 0 Å². The molecule has 0 unspecified atom stereocenters. The molecule has 3 rings (SSSR count). The number of thioether (sulfide) groups is 1. The first kappa shape index (κ1) is 19.2. The number of pyridine rings is 1. The Balaban J connectivity index is 1.96. The number of amides is 1. The number of nitrogens with zero attached hydrogens (tertiary/aromatic N) is 3. The third kappa shape index (κ3) is 4.21. The van der Waals surface area contributed by atoms with Gasteiger partial charge in [-0.2, -0.15) is 5.10 Å². The van der Waals surface area contributed by atoms with Gasteiger partial charge in [-0.3, -0.25) is 20.0 Å². The first-order chi connectivity index (χ1) is 12.9. The van der Waals surface area contributed by atoms with Gasteiger partial charge in [0.1, 0.15) is 21.2 Å². The van der Waals surface area contributed by atoms with Crippen LogP contribution in [0.5, 0.6) is 0 Å². The zero-order valence-electron chi connectivity index (χ0n) is 13.7. The van der Waals surface area contributed by atoms with Crippen LogP contribution in [0.1, 0.15) is 10.4 Å². The van der Waals surface area contributed by atoms with Gasteiger partial charge in [0, 0.05) is 17.7 Å². The minimum absolute atomic E-state index is 0.0281. The maximum Gasteiger partial charge on any atom is 0.269 e. The number of carbonyl (C=O) groups is 1.